The first-order chi connectivity index (χ1) is 34.1. The Hall–Kier alpha value is -6.77. The molecule has 11 atom stereocenters. The van der Waals surface area contributed by atoms with E-state index < -0.39 is 118 Å². The van der Waals surface area contributed by atoms with E-state index in [1.807, 2.05) is 0 Å². The molecule has 19 heteroatoms. The van der Waals surface area contributed by atoms with Crippen LogP contribution in [0.4, 0.5) is 5.69 Å². The Labute approximate surface area is 418 Å². The first kappa shape index (κ1) is 51.6. The molecule has 18 nitrogen and oxygen atoms in total. The number of benzene rings is 4. The minimum atomic E-state index is -2.47. The van der Waals surface area contributed by atoms with Crippen molar-refractivity contribution < 1.29 is 72.3 Å². The van der Waals surface area contributed by atoms with Gasteiger partial charge in [0, 0.05) is 38.2 Å². The third-order valence-corrected chi connectivity index (χ3v) is 15.7. The number of fused-ring (bicyclic) bond motifs is 5. The van der Waals surface area contributed by atoms with Gasteiger partial charge in [-0.3, -0.25) is 24.5 Å². The second kappa shape index (κ2) is 20.0. The smallest absolute Gasteiger partial charge is 0.350 e. The van der Waals surface area contributed by atoms with Crippen LogP contribution in [0.15, 0.2) is 131 Å². The molecule has 1 heterocycles. The van der Waals surface area contributed by atoms with Gasteiger partial charge >= 0.3 is 29.8 Å². The number of nitro groups is 1. The monoisotopic (exact) mass is 1010 g/mol. The van der Waals surface area contributed by atoms with Crippen LogP contribution in [0.2, 0.25) is 0 Å². The molecule has 0 spiro atoms. The van der Waals surface area contributed by atoms with E-state index in [1.54, 1.807) is 86.6 Å². The van der Waals surface area contributed by atoms with Gasteiger partial charge in [-0.05, 0) is 72.8 Å². The Morgan fingerprint density at radius 3 is 1.97 bits per heavy atom. The van der Waals surface area contributed by atoms with Gasteiger partial charge in [-0.1, -0.05) is 92.7 Å². The highest BCUT2D eigenvalue weighted by Gasteiger charge is 2.78. The predicted molar refractivity (Wildman–Crippen MR) is 256 cm³/mol. The molecule has 0 radical (unpaired) electrons. The summed E-state index contributed by atoms with van der Waals surface area (Å²) in [6.07, 6.45) is -10.8. The molecule has 2 saturated carbocycles. The van der Waals surface area contributed by atoms with Gasteiger partial charge in [-0.25, -0.2) is 19.1 Å². The summed E-state index contributed by atoms with van der Waals surface area (Å²) >= 11 is 0.800. The summed E-state index contributed by atoms with van der Waals surface area (Å²) in [6.45, 7) is 7.86. The molecule has 4 aromatic rings. The fourth-order valence-electron chi connectivity index (χ4n) is 11.0. The Morgan fingerprint density at radius 2 is 1.40 bits per heavy atom. The zero-order chi connectivity index (χ0) is 51.9. The van der Waals surface area contributed by atoms with Gasteiger partial charge in [0.2, 0.25) is 6.10 Å². The molecule has 0 amide bonds. The van der Waals surface area contributed by atoms with Crippen molar-refractivity contribution in [2.45, 2.75) is 113 Å². The fourth-order valence-corrected chi connectivity index (χ4v) is 11.9. The first-order valence-electron chi connectivity index (χ1n) is 23.2. The van der Waals surface area contributed by atoms with Crippen molar-refractivity contribution >= 4 is 53.3 Å². The number of rotatable bonds is 14. The van der Waals surface area contributed by atoms with Crippen molar-refractivity contribution in [1.29, 1.82) is 0 Å². The normalized spacial score (nSPS) is 29.0. The maximum Gasteiger partial charge on any atom is 0.350 e. The molecule has 4 aromatic carbocycles. The van der Waals surface area contributed by atoms with Crippen LogP contribution in [0.3, 0.4) is 0 Å². The molecule has 3 N–H and O–H groups in total. The van der Waals surface area contributed by atoms with Gasteiger partial charge in [0.25, 0.3) is 5.69 Å². The summed E-state index contributed by atoms with van der Waals surface area (Å²) in [5.41, 5.74) is -7.82. The van der Waals surface area contributed by atoms with E-state index in [9.17, 15) is 39.5 Å². The Bertz CT molecular complexity index is 2810. The second-order valence-corrected chi connectivity index (χ2v) is 20.1. The topological polar surface area (TPSA) is 253 Å². The van der Waals surface area contributed by atoms with Crippen molar-refractivity contribution in [3.63, 3.8) is 0 Å². The van der Waals surface area contributed by atoms with E-state index in [-0.39, 0.29) is 45.9 Å². The van der Waals surface area contributed by atoms with Crippen LogP contribution in [0, 0.1) is 26.9 Å². The standard InChI is InChI=1S/C53H54N2O16S/c1-29-36(68-49(62)43(69-47(60)33-20-12-8-13-21-33)41(32-18-10-7-11-19-32)54-72-37-25-17-16-24-35(37)55(64)65)27-53(63)46(70-48(61)34-22-14-9-15-23-34)44-51(6,38(58)26-39-52(44,28-66-39)71-31(3)57)45(59)42(67-30(2)56)40(29)50(53,4)5/h7-25,36,38-39,41-44,46,54,58,63H,26-28H2,1-6H3/t36-,38-,39+,41-,42+,43+,44-,46-,51+,52-,53+/m0/s1. The summed E-state index contributed by atoms with van der Waals surface area (Å²) in [5, 5.41) is 38.3. The molecule has 2 bridgehead atoms. The lowest BCUT2D eigenvalue weighted by atomic mass is 9.44. The number of Topliss-reactive ketones (excluding diaryl/α,β-unsaturated/α-hetero) is 1. The Morgan fingerprint density at radius 1 is 0.819 bits per heavy atom. The predicted octanol–water partition coefficient (Wildman–Crippen LogP) is 6.38. The SMILES string of the molecule is CC(=O)O[C@H]1C(=O)[C@@]2(C)[C@H]([C@H](OC(=O)c3ccccc3)[C@]3(O)C[C@H](OC(=O)[C@H](OC(=O)c4ccccc4)[C@@H](NSc4ccccc4[N+](=O)[O-])c4ccccc4)C(C)=C1C3(C)C)[C@]1(OC(C)=O)CO[C@@H]1C[C@@H]2O. The first-order valence-corrected chi connectivity index (χ1v) is 24.0. The zero-order valence-electron chi connectivity index (χ0n) is 40.2. The number of hydrogen-bond donors (Lipinski definition) is 3. The van der Waals surface area contributed by atoms with E-state index in [2.05, 4.69) is 4.72 Å². The van der Waals surface area contributed by atoms with Crippen LogP contribution in [0.5, 0.6) is 0 Å². The molecule has 4 aliphatic rings. The van der Waals surface area contributed by atoms with Crippen molar-refractivity contribution in [1.82, 2.24) is 4.72 Å². The molecule has 8 rings (SSSR count). The van der Waals surface area contributed by atoms with Gasteiger partial charge < -0.3 is 38.6 Å². The number of aliphatic hydroxyl groups excluding tert-OH is 1. The Kier molecular flexibility index (Phi) is 14.3. The number of ether oxygens (including phenoxy) is 6. The van der Waals surface area contributed by atoms with E-state index in [1.165, 1.54) is 56.3 Å². The maximum absolute atomic E-state index is 15.7. The van der Waals surface area contributed by atoms with Gasteiger partial charge in [0.15, 0.2) is 17.5 Å². The number of ketones is 1. The molecule has 3 fully saturated rings. The van der Waals surface area contributed by atoms with Gasteiger partial charge in [0.1, 0.15) is 28.8 Å². The minimum Gasteiger partial charge on any atom is -0.455 e. The van der Waals surface area contributed by atoms with E-state index in [0.29, 0.717) is 5.56 Å². The minimum absolute atomic E-state index is 0.0399. The molecular formula is C53H54N2O16S. The number of carbonyl (C=O) groups excluding carboxylic acids is 6. The number of aliphatic hydroxyl groups is 2. The third-order valence-electron chi connectivity index (χ3n) is 14.7. The van der Waals surface area contributed by atoms with Crippen LogP contribution in [-0.4, -0.2) is 105 Å². The number of carbonyl (C=O) groups is 6. The van der Waals surface area contributed by atoms with E-state index >= 15 is 9.59 Å². The van der Waals surface area contributed by atoms with Crippen LogP contribution >= 0.6 is 11.9 Å². The molecule has 3 aliphatic carbocycles. The van der Waals surface area contributed by atoms with E-state index in [0.717, 1.165) is 25.8 Å². The number of hydrogen-bond acceptors (Lipinski definition) is 18. The van der Waals surface area contributed by atoms with Crippen LogP contribution < -0.4 is 4.72 Å². The number of nitro benzene ring substituents is 1. The summed E-state index contributed by atoms with van der Waals surface area (Å²) < 4.78 is 40.0. The lowest BCUT2D eigenvalue weighted by Crippen LogP contribution is -2.82. The van der Waals surface area contributed by atoms with Crippen molar-refractivity contribution in [3.8, 4) is 0 Å². The molecular weight excluding hydrogens is 953 g/mol. The van der Waals surface area contributed by atoms with Crippen molar-refractivity contribution in [2.24, 2.45) is 16.7 Å². The third kappa shape index (κ3) is 9.08. The summed E-state index contributed by atoms with van der Waals surface area (Å²) in [6, 6.07) is 28.5. The number of nitrogens with zero attached hydrogens (tertiary/aromatic N) is 1. The number of para-hydroxylation sites is 1. The number of esters is 5. The summed E-state index contributed by atoms with van der Waals surface area (Å²) in [7, 11) is 0. The quantitative estimate of drug-likeness (QED) is 0.0309. The van der Waals surface area contributed by atoms with Crippen LogP contribution in [-0.2, 0) is 47.6 Å². The van der Waals surface area contributed by atoms with Gasteiger partial charge in [-0.2, -0.15) is 0 Å². The van der Waals surface area contributed by atoms with Crippen molar-refractivity contribution in [2.75, 3.05) is 6.61 Å². The summed E-state index contributed by atoms with van der Waals surface area (Å²) in [5.74, 6) is -7.34. The highest BCUT2D eigenvalue weighted by molar-refractivity contribution is 7.97. The molecule has 0 aromatic heterocycles. The summed E-state index contributed by atoms with van der Waals surface area (Å²) in [4.78, 5) is 97.6. The maximum atomic E-state index is 15.7. The van der Waals surface area contributed by atoms with Crippen LogP contribution in [0.1, 0.15) is 86.7 Å². The molecule has 378 valence electrons. The molecule has 1 aliphatic heterocycles. The van der Waals surface area contributed by atoms with Gasteiger partial charge in [-0.15, -0.1) is 0 Å². The highest BCUT2D eigenvalue weighted by atomic mass is 32.2. The number of nitrogens with one attached hydrogen (secondary N) is 1. The lowest BCUT2D eigenvalue weighted by molar-refractivity contribution is -0.387. The molecule has 72 heavy (non-hydrogen) atoms. The largest absolute Gasteiger partial charge is 0.455 e. The van der Waals surface area contributed by atoms with Crippen molar-refractivity contribution in [3.05, 3.63) is 153 Å². The Balaban J connectivity index is 1.30. The van der Waals surface area contributed by atoms with Gasteiger partial charge in [0.05, 0.1) is 46.1 Å². The van der Waals surface area contributed by atoms with Crippen LogP contribution in [0.25, 0.3) is 0 Å². The highest BCUT2D eigenvalue weighted by Crippen LogP contribution is 2.64. The second-order valence-electron chi connectivity index (χ2n) is 19.2. The fraction of sp³-hybridized carbons (Fsp3) is 0.396. The average Bonchev–Trinajstić information content (AvgIpc) is 3.35. The molecule has 1 saturated heterocycles. The lowest BCUT2D eigenvalue weighted by Gasteiger charge is -2.67. The van der Waals surface area contributed by atoms with E-state index in [4.69, 9.17) is 28.4 Å². The molecule has 0 unspecified atom stereocenters. The zero-order valence-corrected chi connectivity index (χ0v) is 41.0. The average molecular weight is 1010 g/mol.